The van der Waals surface area contributed by atoms with Crippen LogP contribution in [0.4, 0.5) is 5.69 Å². The van der Waals surface area contributed by atoms with Crippen LogP contribution < -0.4 is 5.32 Å². The number of aromatic nitrogens is 1. The van der Waals surface area contributed by atoms with E-state index in [2.05, 4.69) is 26.2 Å². The number of hydrogen-bond donors (Lipinski definition) is 1. The van der Waals surface area contributed by atoms with Gasteiger partial charge < -0.3 is 5.32 Å². The summed E-state index contributed by atoms with van der Waals surface area (Å²) in [7, 11) is 0. The number of benzene rings is 1. The monoisotopic (exact) mass is 400 g/mol. The fourth-order valence-corrected chi connectivity index (χ4v) is 3.89. The largest absolute Gasteiger partial charge is 0.326 e. The van der Waals surface area contributed by atoms with E-state index in [1.54, 1.807) is 17.5 Å². The minimum Gasteiger partial charge on any atom is -0.326 e. The molecule has 2 aromatic heterocycles. The third-order valence-corrected chi connectivity index (χ3v) is 5.60. The first kappa shape index (κ1) is 16.9. The standard InChI is InChI=1S/C19H17BrN2OS/c1-12-11-15(9-10-21-12)14-3-5-16(6-4-14)22-19(23)13(2)17-7-8-18(20)24-17/h3-11,13H,1-2H3,(H,22,23). The number of thiophene rings is 1. The maximum atomic E-state index is 12.4. The molecule has 1 amide bonds. The number of aryl methyl sites for hydroxylation is 1. The zero-order valence-corrected chi connectivity index (χ0v) is 15.8. The predicted octanol–water partition coefficient (Wildman–Crippen LogP) is 5.62. The lowest BCUT2D eigenvalue weighted by Gasteiger charge is -2.11. The van der Waals surface area contributed by atoms with Crippen LogP contribution in [0.2, 0.25) is 0 Å². The molecule has 122 valence electrons. The molecule has 0 saturated heterocycles. The normalized spacial score (nSPS) is 12.0. The Kier molecular flexibility index (Phi) is 5.11. The predicted molar refractivity (Wildman–Crippen MR) is 103 cm³/mol. The number of pyridine rings is 1. The van der Waals surface area contributed by atoms with Crippen LogP contribution in [-0.2, 0) is 4.79 Å². The van der Waals surface area contributed by atoms with Crippen LogP contribution in [0, 0.1) is 6.92 Å². The lowest BCUT2D eigenvalue weighted by atomic mass is 10.1. The Bertz CT molecular complexity index is 858. The van der Waals surface area contributed by atoms with Crippen molar-refractivity contribution >= 4 is 38.9 Å². The van der Waals surface area contributed by atoms with Crippen molar-refractivity contribution in [1.82, 2.24) is 4.98 Å². The van der Waals surface area contributed by atoms with E-state index in [1.165, 1.54) is 0 Å². The highest BCUT2D eigenvalue weighted by atomic mass is 79.9. The molecule has 0 aliphatic heterocycles. The summed E-state index contributed by atoms with van der Waals surface area (Å²) in [6.07, 6.45) is 1.81. The summed E-state index contributed by atoms with van der Waals surface area (Å²) in [5.41, 5.74) is 4.02. The summed E-state index contributed by atoms with van der Waals surface area (Å²) in [6, 6.07) is 15.9. The van der Waals surface area contributed by atoms with E-state index in [0.717, 1.165) is 31.2 Å². The Morgan fingerprint density at radius 1 is 1.12 bits per heavy atom. The molecule has 3 nitrogen and oxygen atoms in total. The van der Waals surface area contributed by atoms with E-state index in [0.29, 0.717) is 0 Å². The number of nitrogens with zero attached hydrogens (tertiary/aromatic N) is 1. The Hall–Kier alpha value is -1.98. The van der Waals surface area contributed by atoms with Crippen molar-refractivity contribution in [1.29, 1.82) is 0 Å². The summed E-state index contributed by atoms with van der Waals surface area (Å²) in [4.78, 5) is 17.7. The number of carbonyl (C=O) groups is 1. The van der Waals surface area contributed by atoms with E-state index >= 15 is 0 Å². The number of carbonyl (C=O) groups excluding carboxylic acids is 1. The molecule has 1 unspecified atom stereocenters. The highest BCUT2D eigenvalue weighted by molar-refractivity contribution is 9.11. The fourth-order valence-electron chi connectivity index (χ4n) is 2.41. The van der Waals surface area contributed by atoms with Crippen LogP contribution in [0.5, 0.6) is 0 Å². The highest BCUT2D eigenvalue weighted by Gasteiger charge is 2.17. The second-order valence-corrected chi connectivity index (χ2v) is 8.11. The van der Waals surface area contributed by atoms with Gasteiger partial charge in [-0.25, -0.2) is 0 Å². The van der Waals surface area contributed by atoms with Crippen molar-refractivity contribution < 1.29 is 4.79 Å². The van der Waals surface area contributed by atoms with Crippen LogP contribution in [0.3, 0.4) is 0 Å². The van der Waals surface area contributed by atoms with Crippen LogP contribution >= 0.6 is 27.3 Å². The van der Waals surface area contributed by atoms with E-state index in [1.807, 2.05) is 62.4 Å². The van der Waals surface area contributed by atoms with Crippen molar-refractivity contribution in [2.45, 2.75) is 19.8 Å². The number of hydrogen-bond acceptors (Lipinski definition) is 3. The van der Waals surface area contributed by atoms with Gasteiger partial charge in [0.15, 0.2) is 0 Å². The molecule has 0 bridgehead atoms. The number of anilines is 1. The zero-order chi connectivity index (χ0) is 17.1. The summed E-state index contributed by atoms with van der Waals surface area (Å²) >= 11 is 5.02. The molecule has 2 heterocycles. The van der Waals surface area contributed by atoms with Gasteiger partial charge in [0.1, 0.15) is 0 Å². The van der Waals surface area contributed by atoms with Gasteiger partial charge in [-0.2, -0.15) is 0 Å². The van der Waals surface area contributed by atoms with Gasteiger partial charge in [-0.05, 0) is 77.3 Å². The van der Waals surface area contributed by atoms with Gasteiger partial charge in [0, 0.05) is 22.5 Å². The topological polar surface area (TPSA) is 42.0 Å². The smallest absolute Gasteiger partial charge is 0.232 e. The second-order valence-electron chi connectivity index (χ2n) is 5.62. The van der Waals surface area contributed by atoms with Crippen LogP contribution in [0.25, 0.3) is 11.1 Å². The fraction of sp³-hybridized carbons (Fsp3) is 0.158. The highest BCUT2D eigenvalue weighted by Crippen LogP contribution is 2.29. The molecule has 0 aliphatic carbocycles. The lowest BCUT2D eigenvalue weighted by Crippen LogP contribution is -2.17. The van der Waals surface area contributed by atoms with Crippen molar-refractivity contribution in [3.8, 4) is 11.1 Å². The molecule has 0 aliphatic rings. The summed E-state index contributed by atoms with van der Waals surface area (Å²) in [5, 5.41) is 2.98. The van der Waals surface area contributed by atoms with E-state index in [9.17, 15) is 4.79 Å². The minimum atomic E-state index is -0.177. The molecule has 24 heavy (non-hydrogen) atoms. The third kappa shape index (κ3) is 3.91. The molecule has 1 atom stereocenters. The van der Waals surface area contributed by atoms with Gasteiger partial charge in [0.25, 0.3) is 0 Å². The molecule has 0 fully saturated rings. The Morgan fingerprint density at radius 2 is 1.88 bits per heavy atom. The van der Waals surface area contributed by atoms with Crippen LogP contribution in [0.15, 0.2) is 58.5 Å². The first-order valence-electron chi connectivity index (χ1n) is 7.62. The molecule has 0 radical (unpaired) electrons. The number of rotatable bonds is 4. The first-order chi connectivity index (χ1) is 11.5. The molecule has 1 N–H and O–H groups in total. The molecule has 5 heteroatoms. The Balaban J connectivity index is 1.71. The molecule has 0 saturated carbocycles. The Morgan fingerprint density at radius 3 is 2.50 bits per heavy atom. The average Bonchev–Trinajstić information content (AvgIpc) is 3.01. The van der Waals surface area contributed by atoms with Gasteiger partial charge in [0.2, 0.25) is 5.91 Å². The van der Waals surface area contributed by atoms with E-state index in [4.69, 9.17) is 0 Å². The number of halogens is 1. The van der Waals surface area contributed by atoms with Crippen molar-refractivity contribution in [3.63, 3.8) is 0 Å². The SMILES string of the molecule is Cc1cc(-c2ccc(NC(=O)C(C)c3ccc(Br)s3)cc2)ccn1. The van der Waals surface area contributed by atoms with Crippen LogP contribution in [0.1, 0.15) is 23.4 Å². The molecule has 3 aromatic rings. The van der Waals surface area contributed by atoms with Gasteiger partial charge in [-0.3, -0.25) is 9.78 Å². The third-order valence-electron chi connectivity index (χ3n) is 3.80. The summed E-state index contributed by atoms with van der Waals surface area (Å²) < 4.78 is 1.04. The van der Waals surface area contributed by atoms with Crippen molar-refractivity contribution in [2.75, 3.05) is 5.32 Å². The number of amides is 1. The van der Waals surface area contributed by atoms with Crippen molar-refractivity contribution in [2.24, 2.45) is 0 Å². The Labute approximate surface area is 153 Å². The molecule has 0 spiro atoms. The van der Waals surface area contributed by atoms with Gasteiger partial charge >= 0.3 is 0 Å². The van der Waals surface area contributed by atoms with Crippen LogP contribution in [-0.4, -0.2) is 10.9 Å². The van der Waals surface area contributed by atoms with Gasteiger partial charge in [-0.15, -0.1) is 11.3 Å². The van der Waals surface area contributed by atoms with Crippen molar-refractivity contribution in [3.05, 3.63) is 69.1 Å². The second kappa shape index (κ2) is 7.28. The summed E-state index contributed by atoms with van der Waals surface area (Å²) in [5.74, 6) is -0.180. The first-order valence-corrected chi connectivity index (χ1v) is 9.23. The van der Waals surface area contributed by atoms with E-state index < -0.39 is 0 Å². The quantitative estimate of drug-likeness (QED) is 0.616. The average molecular weight is 401 g/mol. The molecule has 1 aromatic carbocycles. The van der Waals surface area contributed by atoms with Gasteiger partial charge in [-0.1, -0.05) is 12.1 Å². The summed E-state index contributed by atoms with van der Waals surface area (Å²) in [6.45, 7) is 3.89. The maximum absolute atomic E-state index is 12.4. The molecular formula is C19H17BrN2OS. The number of nitrogens with one attached hydrogen (secondary N) is 1. The van der Waals surface area contributed by atoms with E-state index in [-0.39, 0.29) is 11.8 Å². The molecule has 3 rings (SSSR count). The van der Waals surface area contributed by atoms with Gasteiger partial charge in [0.05, 0.1) is 9.70 Å². The maximum Gasteiger partial charge on any atom is 0.232 e. The molecular weight excluding hydrogens is 384 g/mol. The zero-order valence-electron chi connectivity index (χ0n) is 13.4. The minimum absolute atomic E-state index is 0.00291. The lowest BCUT2D eigenvalue weighted by molar-refractivity contribution is -0.117.